The van der Waals surface area contributed by atoms with Gasteiger partial charge in [-0.15, -0.1) is 0 Å². The van der Waals surface area contributed by atoms with Gasteiger partial charge in [0.25, 0.3) is 0 Å². The zero-order valence-corrected chi connectivity index (χ0v) is 15.8. The number of piperidine rings is 1. The standard InChI is InChI=1S/C20H28FN3O3/c1-3-10-26-19(25)24(17-11-15(17)2)13-20(6-8-22-9-7-20)14-27-18-5-4-16(21)12-23-18/h3-5,12,15,17,22H,1,6-11,13-14H2,2H3/t15-,17-/m1/s1. The first-order valence-corrected chi connectivity index (χ1v) is 9.52. The average molecular weight is 377 g/mol. The zero-order chi connectivity index (χ0) is 19.3. The first-order chi connectivity index (χ1) is 13.0. The molecule has 0 aromatic carbocycles. The lowest BCUT2D eigenvalue weighted by atomic mass is 9.79. The van der Waals surface area contributed by atoms with Crippen LogP contribution in [0, 0.1) is 17.2 Å². The number of hydrogen-bond donors (Lipinski definition) is 1. The van der Waals surface area contributed by atoms with E-state index in [9.17, 15) is 9.18 Å². The van der Waals surface area contributed by atoms with Gasteiger partial charge in [0, 0.05) is 24.1 Å². The van der Waals surface area contributed by atoms with Gasteiger partial charge >= 0.3 is 6.09 Å². The van der Waals surface area contributed by atoms with Gasteiger partial charge in [-0.05, 0) is 44.3 Å². The number of amides is 1. The summed E-state index contributed by atoms with van der Waals surface area (Å²) in [4.78, 5) is 18.4. The van der Waals surface area contributed by atoms with Crippen LogP contribution in [0.25, 0.3) is 0 Å². The van der Waals surface area contributed by atoms with Gasteiger partial charge in [-0.3, -0.25) is 0 Å². The van der Waals surface area contributed by atoms with E-state index in [4.69, 9.17) is 9.47 Å². The summed E-state index contributed by atoms with van der Waals surface area (Å²) >= 11 is 0. The lowest BCUT2D eigenvalue weighted by Gasteiger charge is -2.40. The highest BCUT2D eigenvalue weighted by Crippen LogP contribution is 2.39. The van der Waals surface area contributed by atoms with Crippen molar-refractivity contribution in [1.82, 2.24) is 15.2 Å². The Bertz CT molecular complexity index is 646. The molecule has 0 radical (unpaired) electrons. The Morgan fingerprint density at radius 1 is 1.48 bits per heavy atom. The van der Waals surface area contributed by atoms with Crippen LogP contribution in [0.5, 0.6) is 5.88 Å². The Hall–Kier alpha value is -2.15. The van der Waals surface area contributed by atoms with E-state index < -0.39 is 5.82 Å². The van der Waals surface area contributed by atoms with Crippen LogP contribution < -0.4 is 10.1 Å². The van der Waals surface area contributed by atoms with Gasteiger partial charge in [0.1, 0.15) is 12.4 Å². The van der Waals surface area contributed by atoms with E-state index in [2.05, 4.69) is 23.8 Å². The first-order valence-electron chi connectivity index (χ1n) is 9.52. The minimum Gasteiger partial charge on any atom is -0.477 e. The third kappa shape index (κ3) is 5.19. The second-order valence-electron chi connectivity index (χ2n) is 7.63. The van der Waals surface area contributed by atoms with Crippen molar-refractivity contribution in [2.45, 2.75) is 32.2 Å². The number of halogens is 1. The summed E-state index contributed by atoms with van der Waals surface area (Å²) in [7, 11) is 0. The molecule has 2 aliphatic rings. The molecule has 0 unspecified atom stereocenters. The van der Waals surface area contributed by atoms with E-state index >= 15 is 0 Å². The molecule has 1 aliphatic heterocycles. The Morgan fingerprint density at radius 2 is 2.22 bits per heavy atom. The Labute approximate surface area is 159 Å². The predicted molar refractivity (Wildman–Crippen MR) is 100 cm³/mol. The summed E-state index contributed by atoms with van der Waals surface area (Å²) in [5.41, 5.74) is -0.184. The van der Waals surface area contributed by atoms with Crippen LogP contribution in [0.2, 0.25) is 0 Å². The van der Waals surface area contributed by atoms with Crippen LogP contribution in [-0.4, -0.2) is 54.9 Å². The Balaban J connectivity index is 1.70. The number of aromatic nitrogens is 1. The molecule has 27 heavy (non-hydrogen) atoms. The largest absolute Gasteiger partial charge is 0.477 e. The molecular formula is C20H28FN3O3. The summed E-state index contributed by atoms with van der Waals surface area (Å²) < 4.78 is 24.3. The van der Waals surface area contributed by atoms with Gasteiger partial charge in [0.15, 0.2) is 0 Å². The maximum absolute atomic E-state index is 13.1. The highest BCUT2D eigenvalue weighted by atomic mass is 19.1. The maximum Gasteiger partial charge on any atom is 0.410 e. The smallest absolute Gasteiger partial charge is 0.410 e. The molecule has 0 spiro atoms. The van der Waals surface area contributed by atoms with Crippen molar-refractivity contribution in [2.24, 2.45) is 11.3 Å². The summed E-state index contributed by atoms with van der Waals surface area (Å²) in [6.45, 7) is 8.72. The highest BCUT2D eigenvalue weighted by molar-refractivity contribution is 5.68. The van der Waals surface area contributed by atoms with Gasteiger partial charge in [0.05, 0.1) is 12.8 Å². The van der Waals surface area contributed by atoms with Gasteiger partial charge in [-0.25, -0.2) is 14.2 Å². The summed E-state index contributed by atoms with van der Waals surface area (Å²) in [5, 5.41) is 3.37. The van der Waals surface area contributed by atoms with Crippen LogP contribution in [0.4, 0.5) is 9.18 Å². The highest BCUT2D eigenvalue weighted by Gasteiger charge is 2.46. The van der Waals surface area contributed by atoms with E-state index in [1.165, 1.54) is 12.1 Å². The molecule has 1 amide bonds. The molecule has 1 saturated heterocycles. The molecule has 1 aromatic rings. The van der Waals surface area contributed by atoms with Gasteiger partial charge in [0.2, 0.25) is 5.88 Å². The van der Waals surface area contributed by atoms with E-state index in [0.717, 1.165) is 38.5 Å². The lowest BCUT2D eigenvalue weighted by molar-refractivity contribution is 0.0407. The van der Waals surface area contributed by atoms with Crippen LogP contribution in [0.3, 0.4) is 0 Å². The minimum atomic E-state index is -0.391. The van der Waals surface area contributed by atoms with Gasteiger partial charge < -0.3 is 19.7 Å². The number of pyridine rings is 1. The van der Waals surface area contributed by atoms with E-state index in [1.807, 2.05) is 4.90 Å². The van der Waals surface area contributed by atoms with Crippen LogP contribution in [0.15, 0.2) is 31.0 Å². The molecule has 2 heterocycles. The van der Waals surface area contributed by atoms with Crippen molar-refractivity contribution in [3.05, 3.63) is 36.8 Å². The second-order valence-corrected chi connectivity index (χ2v) is 7.63. The van der Waals surface area contributed by atoms with Gasteiger partial charge in [-0.2, -0.15) is 0 Å². The number of hydrogen-bond acceptors (Lipinski definition) is 5. The molecule has 0 bridgehead atoms. The van der Waals surface area contributed by atoms with Crippen LogP contribution >= 0.6 is 0 Å². The Morgan fingerprint density at radius 3 is 2.81 bits per heavy atom. The molecule has 1 N–H and O–H groups in total. The second kappa shape index (κ2) is 8.69. The van der Waals surface area contributed by atoms with E-state index in [1.54, 1.807) is 6.08 Å². The molecule has 1 saturated carbocycles. The molecule has 2 fully saturated rings. The van der Waals surface area contributed by atoms with Crippen LogP contribution in [-0.2, 0) is 4.74 Å². The third-order valence-corrected chi connectivity index (χ3v) is 5.42. The van der Waals surface area contributed by atoms with Gasteiger partial charge in [-0.1, -0.05) is 19.6 Å². The third-order valence-electron chi connectivity index (χ3n) is 5.42. The molecular weight excluding hydrogens is 349 g/mol. The monoisotopic (exact) mass is 377 g/mol. The van der Waals surface area contributed by atoms with Crippen LogP contribution in [0.1, 0.15) is 26.2 Å². The topological polar surface area (TPSA) is 63.7 Å². The van der Waals surface area contributed by atoms with E-state index in [0.29, 0.717) is 24.9 Å². The number of rotatable bonds is 8. The zero-order valence-electron chi connectivity index (χ0n) is 15.8. The molecule has 1 aromatic heterocycles. The van der Waals surface area contributed by atoms with Crippen molar-refractivity contribution in [3.8, 4) is 5.88 Å². The maximum atomic E-state index is 13.1. The molecule has 3 rings (SSSR count). The van der Waals surface area contributed by atoms with Crippen molar-refractivity contribution >= 4 is 6.09 Å². The quantitative estimate of drug-likeness (QED) is 0.706. The first kappa shape index (κ1) is 19.6. The number of ether oxygens (including phenoxy) is 2. The van der Waals surface area contributed by atoms with Crippen molar-refractivity contribution in [3.63, 3.8) is 0 Å². The SMILES string of the molecule is C=CCOC(=O)N(CC1(COc2ccc(F)cn2)CCNCC1)[C@@H]1C[C@H]1C. The fourth-order valence-corrected chi connectivity index (χ4v) is 3.61. The lowest BCUT2D eigenvalue weighted by Crippen LogP contribution is -2.50. The summed E-state index contributed by atoms with van der Waals surface area (Å²) in [6, 6.07) is 3.09. The predicted octanol–water partition coefficient (Wildman–Crippen LogP) is 3.00. The molecule has 2 atom stereocenters. The van der Waals surface area contributed by atoms with Crippen molar-refractivity contribution < 1.29 is 18.7 Å². The average Bonchev–Trinajstić information content (AvgIpc) is 3.41. The molecule has 148 valence electrons. The number of carbonyl (C=O) groups is 1. The molecule has 1 aliphatic carbocycles. The van der Waals surface area contributed by atoms with Crippen molar-refractivity contribution in [1.29, 1.82) is 0 Å². The molecule has 6 nitrogen and oxygen atoms in total. The number of carbonyl (C=O) groups excluding carboxylic acids is 1. The fraction of sp³-hybridized carbons (Fsp3) is 0.600. The summed E-state index contributed by atoms with van der Waals surface area (Å²) in [6.07, 6.45) is 5.21. The summed E-state index contributed by atoms with van der Waals surface area (Å²) in [5.74, 6) is 0.493. The molecule has 7 heteroatoms. The Kier molecular flexibility index (Phi) is 6.31. The van der Waals surface area contributed by atoms with E-state index in [-0.39, 0.29) is 24.2 Å². The normalized spacial score (nSPS) is 23.3. The van der Waals surface area contributed by atoms with Crippen molar-refractivity contribution in [2.75, 3.05) is 32.8 Å². The fourth-order valence-electron chi connectivity index (χ4n) is 3.61. The number of nitrogens with one attached hydrogen (secondary N) is 1. The minimum absolute atomic E-state index is 0.184. The number of nitrogens with zero attached hydrogens (tertiary/aromatic N) is 2.